The summed E-state index contributed by atoms with van der Waals surface area (Å²) in [6, 6.07) is 6.16. The third-order valence-corrected chi connectivity index (χ3v) is 4.28. The Labute approximate surface area is 138 Å². The monoisotopic (exact) mass is 327 g/mol. The summed E-state index contributed by atoms with van der Waals surface area (Å²) in [6.45, 7) is 4.14. The molecule has 3 aromatic rings. The Morgan fingerprint density at radius 2 is 2.13 bits per heavy atom. The van der Waals surface area contributed by atoms with Crippen molar-refractivity contribution in [3.63, 3.8) is 0 Å². The number of amides is 1. The molecule has 2 aromatic heterocycles. The predicted octanol–water partition coefficient (Wildman–Crippen LogP) is 3.99. The molecule has 1 N–H and O–H groups in total. The van der Waals surface area contributed by atoms with Crippen molar-refractivity contribution in [2.75, 3.05) is 5.32 Å². The lowest BCUT2D eigenvalue weighted by Gasteiger charge is -2.02. The molecular weight excluding hydrogens is 310 g/mol. The van der Waals surface area contributed by atoms with Crippen LogP contribution in [-0.2, 0) is 11.2 Å². The van der Waals surface area contributed by atoms with Gasteiger partial charge in [0, 0.05) is 30.0 Å². The highest BCUT2D eigenvalue weighted by Gasteiger charge is 2.10. The van der Waals surface area contributed by atoms with Gasteiger partial charge in [0.2, 0.25) is 5.91 Å². The van der Waals surface area contributed by atoms with E-state index in [0.29, 0.717) is 23.9 Å². The van der Waals surface area contributed by atoms with Crippen molar-refractivity contribution in [1.82, 2.24) is 9.97 Å². The first-order chi connectivity index (χ1) is 11.1. The van der Waals surface area contributed by atoms with Crippen LogP contribution in [0.4, 0.5) is 5.13 Å². The minimum atomic E-state index is -0.0918. The van der Waals surface area contributed by atoms with Gasteiger partial charge in [0.25, 0.3) is 0 Å². The second kappa shape index (κ2) is 6.75. The number of nitrogens with zero attached hydrogens (tertiary/aromatic N) is 2. The predicted molar refractivity (Wildman–Crippen MR) is 90.5 cm³/mol. The number of hydrogen-bond acceptors (Lipinski definition) is 5. The molecule has 0 unspecified atom stereocenters. The Morgan fingerprint density at radius 3 is 2.87 bits per heavy atom. The SMILES string of the molecule is Cc1ccc(-c2cnc(CCC(=O)Nc3nccs3)o2)cc1C. The molecule has 23 heavy (non-hydrogen) atoms. The van der Waals surface area contributed by atoms with E-state index in [9.17, 15) is 4.79 Å². The number of nitrogens with one attached hydrogen (secondary N) is 1. The molecule has 0 spiro atoms. The Morgan fingerprint density at radius 1 is 1.26 bits per heavy atom. The number of anilines is 1. The van der Waals surface area contributed by atoms with Gasteiger partial charge >= 0.3 is 0 Å². The van der Waals surface area contributed by atoms with Crippen LogP contribution in [0.3, 0.4) is 0 Å². The zero-order valence-electron chi connectivity index (χ0n) is 13.0. The fourth-order valence-corrected chi connectivity index (χ4v) is 2.69. The number of oxazole rings is 1. The highest BCUT2D eigenvalue weighted by atomic mass is 32.1. The molecule has 6 heteroatoms. The second-order valence-electron chi connectivity index (χ2n) is 5.30. The van der Waals surface area contributed by atoms with Gasteiger partial charge in [-0.2, -0.15) is 0 Å². The van der Waals surface area contributed by atoms with E-state index in [1.54, 1.807) is 12.4 Å². The third kappa shape index (κ3) is 3.84. The lowest BCUT2D eigenvalue weighted by molar-refractivity contribution is -0.116. The minimum Gasteiger partial charge on any atom is -0.441 e. The van der Waals surface area contributed by atoms with Gasteiger partial charge in [-0.15, -0.1) is 11.3 Å². The Hall–Kier alpha value is -2.47. The fraction of sp³-hybridized carbons (Fsp3) is 0.235. The van der Waals surface area contributed by atoms with Gasteiger partial charge < -0.3 is 9.73 Å². The van der Waals surface area contributed by atoms with Gasteiger partial charge in [-0.1, -0.05) is 12.1 Å². The Balaban J connectivity index is 1.61. The number of carbonyl (C=O) groups excluding carboxylic acids is 1. The van der Waals surface area contributed by atoms with Gasteiger partial charge in [-0.3, -0.25) is 4.79 Å². The molecule has 1 amide bonds. The molecular formula is C17H17N3O2S. The maximum atomic E-state index is 11.8. The topological polar surface area (TPSA) is 68.0 Å². The highest BCUT2D eigenvalue weighted by molar-refractivity contribution is 7.13. The smallest absolute Gasteiger partial charge is 0.226 e. The van der Waals surface area contributed by atoms with Gasteiger partial charge in [-0.25, -0.2) is 9.97 Å². The van der Waals surface area contributed by atoms with Gasteiger partial charge in [-0.05, 0) is 31.0 Å². The van der Waals surface area contributed by atoms with Crippen molar-refractivity contribution < 1.29 is 9.21 Å². The van der Waals surface area contributed by atoms with E-state index >= 15 is 0 Å². The number of carbonyl (C=O) groups is 1. The van der Waals surface area contributed by atoms with Crippen LogP contribution in [-0.4, -0.2) is 15.9 Å². The van der Waals surface area contributed by atoms with Crippen LogP contribution in [0.15, 0.2) is 40.4 Å². The number of benzene rings is 1. The average molecular weight is 327 g/mol. The van der Waals surface area contributed by atoms with Crippen molar-refractivity contribution in [2.45, 2.75) is 26.7 Å². The van der Waals surface area contributed by atoms with E-state index in [-0.39, 0.29) is 5.91 Å². The van der Waals surface area contributed by atoms with E-state index in [0.717, 1.165) is 11.3 Å². The normalized spacial score (nSPS) is 10.7. The molecule has 0 bridgehead atoms. The molecule has 0 aliphatic heterocycles. The summed E-state index contributed by atoms with van der Waals surface area (Å²) >= 11 is 1.39. The first-order valence-electron chi connectivity index (χ1n) is 7.33. The fourth-order valence-electron chi connectivity index (χ4n) is 2.14. The quantitative estimate of drug-likeness (QED) is 0.769. The first kappa shape index (κ1) is 15.4. The van der Waals surface area contributed by atoms with Crippen molar-refractivity contribution in [3.05, 3.63) is 53.0 Å². The second-order valence-corrected chi connectivity index (χ2v) is 6.20. The van der Waals surface area contributed by atoms with Crippen molar-refractivity contribution in [2.24, 2.45) is 0 Å². The van der Waals surface area contributed by atoms with Crippen LogP contribution in [0.25, 0.3) is 11.3 Å². The number of hydrogen-bond donors (Lipinski definition) is 1. The third-order valence-electron chi connectivity index (χ3n) is 3.59. The molecule has 2 heterocycles. The molecule has 5 nitrogen and oxygen atoms in total. The van der Waals surface area contributed by atoms with E-state index in [1.165, 1.54) is 22.5 Å². The molecule has 0 fully saturated rings. The Kier molecular flexibility index (Phi) is 4.52. The zero-order valence-corrected chi connectivity index (χ0v) is 13.8. The summed E-state index contributed by atoms with van der Waals surface area (Å²) in [7, 11) is 0. The molecule has 0 aliphatic rings. The number of aromatic nitrogens is 2. The summed E-state index contributed by atoms with van der Waals surface area (Å²) < 4.78 is 5.75. The number of aryl methyl sites for hydroxylation is 3. The van der Waals surface area contributed by atoms with Crippen LogP contribution < -0.4 is 5.32 Å². The average Bonchev–Trinajstić information content (AvgIpc) is 3.19. The van der Waals surface area contributed by atoms with Crippen molar-refractivity contribution in [3.8, 4) is 11.3 Å². The summed E-state index contributed by atoms with van der Waals surface area (Å²) in [5.74, 6) is 1.20. The van der Waals surface area contributed by atoms with Crippen LogP contribution in [0.2, 0.25) is 0 Å². The van der Waals surface area contributed by atoms with E-state index in [2.05, 4.69) is 41.3 Å². The summed E-state index contributed by atoms with van der Waals surface area (Å²) in [6.07, 6.45) is 4.14. The van der Waals surface area contributed by atoms with Gasteiger partial charge in [0.15, 0.2) is 16.8 Å². The van der Waals surface area contributed by atoms with Crippen molar-refractivity contribution in [1.29, 1.82) is 0 Å². The summed E-state index contributed by atoms with van der Waals surface area (Å²) in [5, 5.41) is 5.17. The highest BCUT2D eigenvalue weighted by Crippen LogP contribution is 2.23. The van der Waals surface area contributed by atoms with Crippen molar-refractivity contribution >= 4 is 22.4 Å². The van der Waals surface area contributed by atoms with Crippen LogP contribution >= 0.6 is 11.3 Å². The van der Waals surface area contributed by atoms with Crippen LogP contribution in [0, 0.1) is 13.8 Å². The lowest BCUT2D eigenvalue weighted by atomic mass is 10.1. The molecule has 0 saturated heterocycles. The molecule has 0 saturated carbocycles. The standard InChI is InChI=1S/C17H17N3O2S/c1-11-3-4-13(9-12(11)2)14-10-19-16(22-14)6-5-15(21)20-17-18-7-8-23-17/h3-4,7-10H,5-6H2,1-2H3,(H,18,20,21). The van der Waals surface area contributed by atoms with E-state index in [4.69, 9.17) is 4.42 Å². The van der Waals surface area contributed by atoms with Crippen LogP contribution in [0.1, 0.15) is 23.4 Å². The first-order valence-corrected chi connectivity index (χ1v) is 8.21. The van der Waals surface area contributed by atoms with E-state index in [1.807, 2.05) is 11.4 Å². The van der Waals surface area contributed by atoms with Crippen LogP contribution in [0.5, 0.6) is 0 Å². The summed E-state index contributed by atoms with van der Waals surface area (Å²) in [5.41, 5.74) is 3.45. The molecule has 1 aromatic carbocycles. The van der Waals surface area contributed by atoms with Gasteiger partial charge in [0.1, 0.15) is 0 Å². The van der Waals surface area contributed by atoms with Gasteiger partial charge in [0.05, 0.1) is 6.20 Å². The Bertz CT molecular complexity index is 809. The molecule has 3 rings (SSSR count). The molecule has 0 atom stereocenters. The molecule has 0 aliphatic carbocycles. The zero-order chi connectivity index (χ0) is 16.2. The maximum absolute atomic E-state index is 11.8. The number of rotatable bonds is 5. The summed E-state index contributed by atoms with van der Waals surface area (Å²) in [4.78, 5) is 20.1. The maximum Gasteiger partial charge on any atom is 0.226 e. The lowest BCUT2D eigenvalue weighted by Crippen LogP contribution is -2.12. The van der Waals surface area contributed by atoms with E-state index < -0.39 is 0 Å². The largest absolute Gasteiger partial charge is 0.441 e. The molecule has 0 radical (unpaired) electrons. The molecule has 118 valence electrons. The minimum absolute atomic E-state index is 0.0918. The number of thiazole rings is 1.